The second-order valence-corrected chi connectivity index (χ2v) is 8.31. The first-order chi connectivity index (χ1) is 12.4. The third-order valence-electron chi connectivity index (χ3n) is 4.38. The summed E-state index contributed by atoms with van der Waals surface area (Å²) >= 11 is 0. The van der Waals surface area contributed by atoms with Gasteiger partial charge in [0.2, 0.25) is 10.0 Å². The van der Waals surface area contributed by atoms with E-state index in [0.29, 0.717) is 18.7 Å². The molecule has 26 heavy (non-hydrogen) atoms. The van der Waals surface area contributed by atoms with E-state index in [0.717, 1.165) is 29.8 Å². The molecule has 1 amide bonds. The van der Waals surface area contributed by atoms with E-state index in [1.165, 1.54) is 28.6 Å². The molecule has 0 unspecified atom stereocenters. The first kappa shape index (κ1) is 18.3. The van der Waals surface area contributed by atoms with Gasteiger partial charge in [-0.2, -0.15) is 9.41 Å². The molecule has 0 saturated carbocycles. The van der Waals surface area contributed by atoms with Gasteiger partial charge in [0, 0.05) is 35.6 Å². The van der Waals surface area contributed by atoms with Gasteiger partial charge in [-0.1, -0.05) is 0 Å². The maximum absolute atomic E-state index is 12.5. The van der Waals surface area contributed by atoms with Crippen LogP contribution >= 0.6 is 0 Å². The Labute approximate surface area is 153 Å². The Hall–Kier alpha value is -2.45. The number of rotatable bonds is 5. The lowest BCUT2D eigenvalue weighted by Crippen LogP contribution is -2.28. The third-order valence-corrected chi connectivity index (χ3v) is 6.29. The number of hydrogen-bond acceptors (Lipinski definition) is 4. The summed E-state index contributed by atoms with van der Waals surface area (Å²) in [5.41, 5.74) is 5.69. The zero-order valence-corrected chi connectivity index (χ0v) is 15.6. The maximum Gasteiger partial charge on any atom is 0.271 e. The second kappa shape index (κ2) is 7.43. The van der Waals surface area contributed by atoms with Gasteiger partial charge < -0.3 is 4.98 Å². The van der Waals surface area contributed by atoms with Crippen LogP contribution in [-0.4, -0.2) is 42.9 Å². The largest absolute Gasteiger partial charge is 0.362 e. The summed E-state index contributed by atoms with van der Waals surface area (Å²) < 4.78 is 26.4. The van der Waals surface area contributed by atoms with Gasteiger partial charge in [0.15, 0.2) is 0 Å². The van der Waals surface area contributed by atoms with Crippen molar-refractivity contribution in [2.45, 2.75) is 31.6 Å². The molecule has 1 aliphatic rings. The van der Waals surface area contributed by atoms with Gasteiger partial charge >= 0.3 is 0 Å². The number of amides is 1. The minimum Gasteiger partial charge on any atom is -0.362 e. The Morgan fingerprint density at radius 3 is 2.42 bits per heavy atom. The predicted octanol–water partition coefficient (Wildman–Crippen LogP) is 2.18. The number of hydrogen-bond donors (Lipinski definition) is 2. The number of sulfonamides is 1. The second-order valence-electron chi connectivity index (χ2n) is 6.37. The number of carbonyl (C=O) groups excluding carboxylic acids is 1. The fourth-order valence-electron chi connectivity index (χ4n) is 2.96. The van der Waals surface area contributed by atoms with E-state index in [2.05, 4.69) is 15.5 Å². The SMILES string of the molecule is Cc1cc(/C=N/NC(=O)c2ccc(S(=O)(=O)N3CCCC3)cc2)c(C)[nH]1. The molecule has 0 bridgehead atoms. The van der Waals surface area contributed by atoms with E-state index in [4.69, 9.17) is 0 Å². The van der Waals surface area contributed by atoms with Crippen molar-refractivity contribution in [3.05, 3.63) is 52.8 Å². The smallest absolute Gasteiger partial charge is 0.271 e. The number of aryl methyl sites for hydroxylation is 2. The number of carbonyl (C=O) groups is 1. The van der Waals surface area contributed by atoms with Crippen LogP contribution in [0.1, 0.15) is 40.2 Å². The van der Waals surface area contributed by atoms with Crippen molar-refractivity contribution in [2.24, 2.45) is 5.10 Å². The summed E-state index contributed by atoms with van der Waals surface area (Å²) in [5, 5.41) is 3.96. The maximum atomic E-state index is 12.5. The molecule has 0 radical (unpaired) electrons. The van der Waals surface area contributed by atoms with Crippen LogP contribution in [0.15, 0.2) is 40.3 Å². The summed E-state index contributed by atoms with van der Waals surface area (Å²) in [4.78, 5) is 15.5. The van der Waals surface area contributed by atoms with Gasteiger partial charge in [-0.3, -0.25) is 4.79 Å². The van der Waals surface area contributed by atoms with Gasteiger partial charge in [-0.15, -0.1) is 0 Å². The number of aromatic nitrogens is 1. The molecule has 3 rings (SSSR count). The summed E-state index contributed by atoms with van der Waals surface area (Å²) in [6.45, 7) is 4.98. The first-order valence-electron chi connectivity index (χ1n) is 8.48. The van der Waals surface area contributed by atoms with Crippen molar-refractivity contribution in [1.29, 1.82) is 0 Å². The number of hydrazone groups is 1. The fraction of sp³-hybridized carbons (Fsp3) is 0.333. The highest BCUT2D eigenvalue weighted by molar-refractivity contribution is 7.89. The lowest BCUT2D eigenvalue weighted by Gasteiger charge is -2.15. The van der Waals surface area contributed by atoms with Crippen molar-refractivity contribution in [3.63, 3.8) is 0 Å². The number of H-pyrrole nitrogens is 1. The average molecular weight is 374 g/mol. The quantitative estimate of drug-likeness (QED) is 0.620. The standard InChI is InChI=1S/C18H22N4O3S/c1-13-11-16(14(2)20-13)12-19-21-18(23)15-5-7-17(8-6-15)26(24,25)22-9-3-4-10-22/h5-8,11-12,20H,3-4,9-10H2,1-2H3,(H,21,23)/b19-12+. The average Bonchev–Trinajstić information content (AvgIpc) is 3.25. The van der Waals surface area contributed by atoms with E-state index in [-0.39, 0.29) is 4.90 Å². The summed E-state index contributed by atoms with van der Waals surface area (Å²) in [7, 11) is -3.47. The number of aromatic amines is 1. The van der Waals surface area contributed by atoms with Crippen molar-refractivity contribution in [1.82, 2.24) is 14.7 Å². The van der Waals surface area contributed by atoms with Crippen LogP contribution in [0.2, 0.25) is 0 Å². The van der Waals surface area contributed by atoms with E-state index >= 15 is 0 Å². The lowest BCUT2D eigenvalue weighted by atomic mass is 10.2. The van der Waals surface area contributed by atoms with Crippen LogP contribution in [0.3, 0.4) is 0 Å². The molecule has 2 heterocycles. The van der Waals surface area contributed by atoms with Crippen molar-refractivity contribution in [2.75, 3.05) is 13.1 Å². The van der Waals surface area contributed by atoms with Crippen molar-refractivity contribution < 1.29 is 13.2 Å². The molecule has 2 aromatic rings. The van der Waals surface area contributed by atoms with Crippen LogP contribution < -0.4 is 5.43 Å². The van der Waals surface area contributed by atoms with Crippen LogP contribution in [0.4, 0.5) is 0 Å². The number of nitrogens with zero attached hydrogens (tertiary/aromatic N) is 2. The summed E-state index contributed by atoms with van der Waals surface area (Å²) in [6, 6.07) is 7.86. The predicted molar refractivity (Wildman–Crippen MR) is 99.8 cm³/mol. The molecule has 2 N–H and O–H groups in total. The highest BCUT2D eigenvalue weighted by Crippen LogP contribution is 2.21. The zero-order valence-electron chi connectivity index (χ0n) is 14.8. The Kier molecular flexibility index (Phi) is 5.24. The van der Waals surface area contributed by atoms with E-state index in [1.807, 2.05) is 19.9 Å². The van der Waals surface area contributed by atoms with Gasteiger partial charge in [0.1, 0.15) is 0 Å². The third kappa shape index (κ3) is 3.86. The molecule has 7 nitrogen and oxygen atoms in total. The molecule has 1 aromatic heterocycles. The Balaban J connectivity index is 1.66. The van der Waals surface area contributed by atoms with E-state index in [9.17, 15) is 13.2 Å². The van der Waals surface area contributed by atoms with Crippen LogP contribution in [0, 0.1) is 13.8 Å². The van der Waals surface area contributed by atoms with Crippen LogP contribution in [0.25, 0.3) is 0 Å². The van der Waals surface area contributed by atoms with E-state index in [1.54, 1.807) is 6.21 Å². The summed E-state index contributed by atoms with van der Waals surface area (Å²) in [5.74, 6) is -0.392. The molecule has 138 valence electrons. The molecular weight excluding hydrogens is 352 g/mol. The van der Waals surface area contributed by atoms with Gasteiger partial charge in [-0.25, -0.2) is 13.8 Å². The normalized spacial score (nSPS) is 15.6. The molecule has 0 aliphatic carbocycles. The van der Waals surface area contributed by atoms with Crippen molar-refractivity contribution in [3.8, 4) is 0 Å². The van der Waals surface area contributed by atoms with Crippen LogP contribution in [0.5, 0.6) is 0 Å². The zero-order chi connectivity index (χ0) is 18.7. The summed E-state index contributed by atoms with van der Waals surface area (Å²) in [6.07, 6.45) is 3.35. The van der Waals surface area contributed by atoms with Crippen molar-refractivity contribution >= 4 is 22.1 Å². The molecule has 1 aromatic carbocycles. The topological polar surface area (TPSA) is 94.6 Å². The Morgan fingerprint density at radius 2 is 1.85 bits per heavy atom. The van der Waals surface area contributed by atoms with E-state index < -0.39 is 15.9 Å². The molecule has 8 heteroatoms. The van der Waals surface area contributed by atoms with Gasteiger partial charge in [0.25, 0.3) is 5.91 Å². The minimum absolute atomic E-state index is 0.206. The highest BCUT2D eigenvalue weighted by atomic mass is 32.2. The highest BCUT2D eigenvalue weighted by Gasteiger charge is 2.27. The molecular formula is C18H22N4O3S. The molecule has 0 spiro atoms. The fourth-order valence-corrected chi connectivity index (χ4v) is 4.48. The lowest BCUT2D eigenvalue weighted by molar-refractivity contribution is 0.0955. The Morgan fingerprint density at radius 1 is 1.19 bits per heavy atom. The molecule has 1 saturated heterocycles. The van der Waals surface area contributed by atoms with Gasteiger partial charge in [-0.05, 0) is 57.0 Å². The Bertz CT molecular complexity index is 924. The number of nitrogens with one attached hydrogen (secondary N) is 2. The van der Waals surface area contributed by atoms with Crippen LogP contribution in [-0.2, 0) is 10.0 Å². The molecule has 0 atom stereocenters. The monoisotopic (exact) mass is 374 g/mol. The molecule has 1 aliphatic heterocycles. The minimum atomic E-state index is -3.47. The first-order valence-corrected chi connectivity index (χ1v) is 9.92. The van der Waals surface area contributed by atoms with Gasteiger partial charge in [0.05, 0.1) is 11.1 Å². The molecule has 1 fully saturated rings. The number of benzene rings is 1.